The second-order valence-electron chi connectivity index (χ2n) is 4.05. The topological polar surface area (TPSA) is 38.3 Å². The van der Waals surface area contributed by atoms with Gasteiger partial charge in [0.15, 0.2) is 0 Å². The highest BCUT2D eigenvalue weighted by Crippen LogP contribution is 2.09. The van der Waals surface area contributed by atoms with Crippen molar-refractivity contribution < 1.29 is 9.53 Å². The van der Waals surface area contributed by atoms with E-state index in [1.54, 1.807) is 0 Å². The van der Waals surface area contributed by atoms with E-state index in [1.807, 2.05) is 36.4 Å². The van der Waals surface area contributed by atoms with E-state index in [1.165, 1.54) is 7.11 Å². The van der Waals surface area contributed by atoms with E-state index in [0.29, 0.717) is 6.42 Å². The minimum absolute atomic E-state index is 0.224. The Morgan fingerprint density at radius 1 is 1.33 bits per heavy atom. The molecule has 0 aliphatic carbocycles. The summed E-state index contributed by atoms with van der Waals surface area (Å²) < 4.78 is 4.78. The molecule has 0 atom stereocenters. The van der Waals surface area contributed by atoms with Crippen LogP contribution in [0, 0.1) is 0 Å². The number of hydrogen-bond donors (Lipinski definition) is 1. The maximum atomic E-state index is 11.5. The second kappa shape index (κ2) is 8.34. The lowest BCUT2D eigenvalue weighted by molar-refractivity contribution is -0.136. The molecule has 0 saturated heterocycles. The van der Waals surface area contributed by atoms with Gasteiger partial charge in [0.2, 0.25) is 0 Å². The number of carbonyl (C=O) groups excluding carboxylic acids is 1. The molecule has 3 nitrogen and oxygen atoms in total. The molecular formula is C15H21NO2. The molecule has 0 aliphatic rings. The lowest BCUT2D eigenvalue weighted by Gasteiger charge is -2.08. The van der Waals surface area contributed by atoms with Crippen molar-refractivity contribution in [1.82, 2.24) is 0 Å². The van der Waals surface area contributed by atoms with Crippen LogP contribution in [0.3, 0.4) is 0 Å². The number of carbonyl (C=O) groups is 1. The number of hydrogen-bond acceptors (Lipinski definition) is 3. The van der Waals surface area contributed by atoms with Crippen LogP contribution in [0.5, 0.6) is 0 Å². The predicted octanol–water partition coefficient (Wildman–Crippen LogP) is 3.39. The van der Waals surface area contributed by atoms with E-state index in [9.17, 15) is 4.79 Å². The minimum Gasteiger partial charge on any atom is -0.466 e. The number of nitrogens with one attached hydrogen (secondary N) is 1. The molecule has 0 amide bonds. The van der Waals surface area contributed by atoms with Crippen molar-refractivity contribution in [2.45, 2.75) is 26.2 Å². The highest BCUT2D eigenvalue weighted by atomic mass is 16.5. The Morgan fingerprint density at radius 2 is 2.06 bits per heavy atom. The van der Waals surface area contributed by atoms with Crippen molar-refractivity contribution in [3.05, 3.63) is 42.0 Å². The fourth-order valence-corrected chi connectivity index (χ4v) is 1.63. The fraction of sp³-hybridized carbons (Fsp3) is 0.400. The number of ether oxygens (including phenoxy) is 1. The molecule has 3 heteroatoms. The molecule has 18 heavy (non-hydrogen) atoms. The zero-order valence-corrected chi connectivity index (χ0v) is 11.1. The highest BCUT2D eigenvalue weighted by Gasteiger charge is 2.08. The summed E-state index contributed by atoms with van der Waals surface area (Å²) in [6.45, 7) is 2.82. The summed E-state index contributed by atoms with van der Waals surface area (Å²) in [4.78, 5) is 11.5. The van der Waals surface area contributed by atoms with Crippen LogP contribution in [0.1, 0.15) is 26.2 Å². The summed E-state index contributed by atoms with van der Waals surface area (Å²) in [7, 11) is 1.42. The molecule has 0 aliphatic heterocycles. The number of esters is 1. The lowest BCUT2D eigenvalue weighted by Crippen LogP contribution is -2.10. The van der Waals surface area contributed by atoms with Crippen molar-refractivity contribution in [3.8, 4) is 0 Å². The predicted molar refractivity (Wildman–Crippen MR) is 74.6 cm³/mol. The van der Waals surface area contributed by atoms with Gasteiger partial charge < -0.3 is 10.1 Å². The number of benzene rings is 1. The van der Waals surface area contributed by atoms with E-state index in [0.717, 1.165) is 30.6 Å². The Balaban J connectivity index is 2.45. The first kappa shape index (κ1) is 14.3. The van der Waals surface area contributed by atoms with Gasteiger partial charge in [-0.05, 0) is 25.0 Å². The Kier molecular flexibility index (Phi) is 6.62. The van der Waals surface area contributed by atoms with Crippen LogP contribution < -0.4 is 5.32 Å². The average molecular weight is 247 g/mol. The zero-order chi connectivity index (χ0) is 13.2. The van der Waals surface area contributed by atoms with Crippen LogP contribution in [0.25, 0.3) is 0 Å². The van der Waals surface area contributed by atoms with E-state index in [4.69, 9.17) is 4.74 Å². The number of methoxy groups -OCH3 is 1. The van der Waals surface area contributed by atoms with Gasteiger partial charge in [-0.2, -0.15) is 0 Å². The van der Waals surface area contributed by atoms with Crippen LogP contribution in [0.15, 0.2) is 42.0 Å². The molecule has 0 unspecified atom stereocenters. The maximum Gasteiger partial charge on any atom is 0.333 e. The summed E-state index contributed by atoms with van der Waals surface area (Å²) in [5.41, 5.74) is 1.82. The molecule has 1 aromatic carbocycles. The van der Waals surface area contributed by atoms with Gasteiger partial charge in [0.25, 0.3) is 0 Å². The van der Waals surface area contributed by atoms with Gasteiger partial charge in [0, 0.05) is 17.8 Å². The van der Waals surface area contributed by atoms with Crippen molar-refractivity contribution in [2.24, 2.45) is 0 Å². The van der Waals surface area contributed by atoms with Crippen LogP contribution in [0.4, 0.5) is 5.69 Å². The monoisotopic (exact) mass is 247 g/mol. The molecule has 0 bridgehead atoms. The quantitative estimate of drug-likeness (QED) is 0.593. The summed E-state index contributed by atoms with van der Waals surface area (Å²) >= 11 is 0. The Hall–Kier alpha value is -1.77. The maximum absolute atomic E-state index is 11.5. The van der Waals surface area contributed by atoms with Gasteiger partial charge in [0.05, 0.1) is 7.11 Å². The van der Waals surface area contributed by atoms with Crippen molar-refractivity contribution in [3.63, 3.8) is 0 Å². The first-order valence-electron chi connectivity index (χ1n) is 6.34. The normalized spacial score (nSPS) is 11.1. The first-order chi connectivity index (χ1) is 8.77. The van der Waals surface area contributed by atoms with Gasteiger partial charge in [-0.15, -0.1) is 0 Å². The van der Waals surface area contributed by atoms with E-state index < -0.39 is 0 Å². The fourth-order valence-electron chi connectivity index (χ4n) is 1.63. The molecule has 0 saturated carbocycles. The van der Waals surface area contributed by atoms with E-state index in [2.05, 4.69) is 12.2 Å². The molecule has 0 radical (unpaired) electrons. The van der Waals surface area contributed by atoms with Gasteiger partial charge in [-0.3, -0.25) is 0 Å². The lowest BCUT2D eigenvalue weighted by atomic mass is 10.1. The average Bonchev–Trinajstić information content (AvgIpc) is 2.43. The summed E-state index contributed by atoms with van der Waals surface area (Å²) in [6.07, 6.45) is 4.60. The van der Waals surface area contributed by atoms with Gasteiger partial charge in [0.1, 0.15) is 0 Å². The summed E-state index contributed by atoms with van der Waals surface area (Å²) in [5, 5.41) is 3.28. The van der Waals surface area contributed by atoms with Gasteiger partial charge in [-0.25, -0.2) is 4.79 Å². The number of unbranched alkanes of at least 4 members (excludes halogenated alkanes) is 1. The molecule has 0 aromatic heterocycles. The molecule has 1 rings (SSSR count). The third-order valence-electron chi connectivity index (χ3n) is 2.62. The molecule has 98 valence electrons. The number of allylic oxidation sites excluding steroid dienone is 1. The molecule has 0 heterocycles. The van der Waals surface area contributed by atoms with Crippen molar-refractivity contribution in [2.75, 3.05) is 19.0 Å². The second-order valence-corrected chi connectivity index (χ2v) is 4.05. The smallest absolute Gasteiger partial charge is 0.333 e. The molecule has 0 fully saturated rings. The van der Waals surface area contributed by atoms with Crippen LogP contribution in [0.2, 0.25) is 0 Å². The summed E-state index contributed by atoms with van der Waals surface area (Å²) in [6, 6.07) is 9.96. The largest absolute Gasteiger partial charge is 0.466 e. The highest BCUT2D eigenvalue weighted by molar-refractivity contribution is 5.88. The molecule has 0 spiro atoms. The molecule has 1 N–H and O–H groups in total. The first-order valence-corrected chi connectivity index (χ1v) is 6.34. The van der Waals surface area contributed by atoms with Crippen LogP contribution in [-0.4, -0.2) is 19.6 Å². The Morgan fingerprint density at radius 3 is 2.67 bits per heavy atom. The zero-order valence-electron chi connectivity index (χ0n) is 11.1. The van der Waals surface area contributed by atoms with E-state index in [-0.39, 0.29) is 5.97 Å². The Bertz CT molecular complexity index is 385. The van der Waals surface area contributed by atoms with Crippen LogP contribution >= 0.6 is 0 Å². The summed E-state index contributed by atoms with van der Waals surface area (Å²) in [5.74, 6) is -0.224. The standard InChI is InChI=1S/C15H21NO2/c1-3-4-8-13(15(17)18-2)11-12-16-14-9-6-5-7-10-14/h5-10,16H,3-4,11-12H2,1-2H3/b13-8+. The third-order valence-corrected chi connectivity index (χ3v) is 2.62. The number of rotatable bonds is 7. The van der Waals surface area contributed by atoms with E-state index >= 15 is 0 Å². The Labute approximate surface area is 109 Å². The van der Waals surface area contributed by atoms with Gasteiger partial charge in [-0.1, -0.05) is 37.6 Å². The molecular weight excluding hydrogens is 226 g/mol. The third kappa shape index (κ3) is 5.04. The number of anilines is 1. The van der Waals surface area contributed by atoms with Crippen LogP contribution in [-0.2, 0) is 9.53 Å². The van der Waals surface area contributed by atoms with Crippen molar-refractivity contribution >= 4 is 11.7 Å². The number of para-hydroxylation sites is 1. The SMILES string of the molecule is CCC/C=C(\CCNc1ccccc1)C(=O)OC. The van der Waals surface area contributed by atoms with Gasteiger partial charge >= 0.3 is 5.97 Å². The van der Waals surface area contributed by atoms with Crippen molar-refractivity contribution in [1.29, 1.82) is 0 Å². The molecule has 1 aromatic rings. The minimum atomic E-state index is -0.224.